The zero-order valence-electron chi connectivity index (χ0n) is 11.3. The predicted molar refractivity (Wildman–Crippen MR) is 73.6 cm³/mol. The van der Waals surface area contributed by atoms with Crippen LogP contribution >= 0.6 is 15.9 Å². The SMILES string of the molecule is CO[C@]12C=C(Br)C(=O)C[C@H]1/C(=C(\C)OC(C)=O)CC2. The number of ether oxygens (including phenoxy) is 2. The summed E-state index contributed by atoms with van der Waals surface area (Å²) in [5.74, 6) is 0.299. The molecule has 0 N–H and O–H groups in total. The Morgan fingerprint density at radius 3 is 2.74 bits per heavy atom. The first kappa shape index (κ1) is 14.5. The Labute approximate surface area is 121 Å². The molecule has 4 nitrogen and oxygen atoms in total. The van der Waals surface area contributed by atoms with Gasteiger partial charge in [0.1, 0.15) is 5.76 Å². The van der Waals surface area contributed by atoms with Gasteiger partial charge in [-0.2, -0.15) is 0 Å². The summed E-state index contributed by atoms with van der Waals surface area (Å²) in [6.45, 7) is 3.16. The molecule has 104 valence electrons. The van der Waals surface area contributed by atoms with E-state index >= 15 is 0 Å². The molecule has 0 radical (unpaired) electrons. The number of Topliss-reactive ketones (excluding diaryl/α,β-unsaturated/α-hetero) is 1. The van der Waals surface area contributed by atoms with Gasteiger partial charge in [0.2, 0.25) is 0 Å². The summed E-state index contributed by atoms with van der Waals surface area (Å²) in [7, 11) is 1.66. The maximum Gasteiger partial charge on any atom is 0.307 e. The topological polar surface area (TPSA) is 52.6 Å². The van der Waals surface area contributed by atoms with Crippen LogP contribution in [0, 0.1) is 5.92 Å². The number of allylic oxidation sites excluding steroid dienone is 2. The van der Waals surface area contributed by atoms with Gasteiger partial charge in [0.15, 0.2) is 5.78 Å². The van der Waals surface area contributed by atoms with E-state index in [4.69, 9.17) is 9.47 Å². The molecule has 2 atom stereocenters. The summed E-state index contributed by atoms with van der Waals surface area (Å²) >= 11 is 3.29. The quantitative estimate of drug-likeness (QED) is 0.577. The van der Waals surface area contributed by atoms with Crippen LogP contribution in [-0.2, 0) is 19.1 Å². The van der Waals surface area contributed by atoms with E-state index in [2.05, 4.69) is 15.9 Å². The molecule has 5 heteroatoms. The van der Waals surface area contributed by atoms with Crippen LogP contribution in [0.4, 0.5) is 0 Å². The van der Waals surface area contributed by atoms with E-state index in [0.29, 0.717) is 16.7 Å². The highest BCUT2D eigenvalue weighted by Crippen LogP contribution is 2.50. The molecule has 0 aromatic rings. The van der Waals surface area contributed by atoms with Crippen LogP contribution < -0.4 is 0 Å². The van der Waals surface area contributed by atoms with E-state index in [0.717, 1.165) is 18.4 Å². The molecular formula is C14H17BrO4. The lowest BCUT2D eigenvalue weighted by Gasteiger charge is -2.35. The van der Waals surface area contributed by atoms with Crippen LogP contribution in [0.25, 0.3) is 0 Å². The van der Waals surface area contributed by atoms with E-state index in [-0.39, 0.29) is 17.7 Å². The lowest BCUT2D eigenvalue weighted by Crippen LogP contribution is -2.39. The molecular weight excluding hydrogens is 312 g/mol. The molecule has 0 unspecified atom stereocenters. The number of hydrogen-bond donors (Lipinski definition) is 0. The van der Waals surface area contributed by atoms with Gasteiger partial charge >= 0.3 is 5.97 Å². The molecule has 0 heterocycles. The second-order valence-electron chi connectivity index (χ2n) is 5.01. The average molecular weight is 329 g/mol. The molecule has 1 saturated carbocycles. The Bertz CT molecular complexity index is 492. The molecule has 0 bridgehead atoms. The molecule has 0 saturated heterocycles. The van der Waals surface area contributed by atoms with Gasteiger partial charge in [-0.15, -0.1) is 0 Å². The fraction of sp³-hybridized carbons (Fsp3) is 0.571. The summed E-state index contributed by atoms with van der Waals surface area (Å²) < 4.78 is 11.4. The third-order valence-electron chi connectivity index (χ3n) is 3.95. The summed E-state index contributed by atoms with van der Waals surface area (Å²) in [5.41, 5.74) is 0.561. The van der Waals surface area contributed by atoms with Crippen molar-refractivity contribution in [2.75, 3.05) is 7.11 Å². The summed E-state index contributed by atoms with van der Waals surface area (Å²) in [5, 5.41) is 0. The van der Waals surface area contributed by atoms with Gasteiger partial charge in [-0.05, 0) is 47.3 Å². The average Bonchev–Trinajstić information content (AvgIpc) is 2.68. The molecule has 2 rings (SSSR count). The zero-order valence-corrected chi connectivity index (χ0v) is 12.9. The fourth-order valence-electron chi connectivity index (χ4n) is 3.03. The minimum Gasteiger partial charge on any atom is -0.432 e. The van der Waals surface area contributed by atoms with Crippen LogP contribution in [0.3, 0.4) is 0 Å². The van der Waals surface area contributed by atoms with Crippen LogP contribution in [-0.4, -0.2) is 24.5 Å². The molecule has 0 amide bonds. The summed E-state index contributed by atoms with van der Waals surface area (Å²) in [6, 6.07) is 0. The van der Waals surface area contributed by atoms with E-state index in [1.165, 1.54) is 6.92 Å². The Balaban J connectivity index is 2.40. The number of rotatable bonds is 2. The molecule has 0 aromatic carbocycles. The van der Waals surface area contributed by atoms with Gasteiger partial charge in [-0.25, -0.2) is 0 Å². The highest BCUT2D eigenvalue weighted by Gasteiger charge is 2.49. The number of halogens is 1. The van der Waals surface area contributed by atoms with E-state index < -0.39 is 5.60 Å². The number of methoxy groups -OCH3 is 1. The minimum atomic E-state index is -0.455. The summed E-state index contributed by atoms with van der Waals surface area (Å²) in [6.07, 6.45) is 3.82. The molecule has 0 spiro atoms. The van der Waals surface area contributed by atoms with Crippen molar-refractivity contribution < 1.29 is 19.1 Å². The van der Waals surface area contributed by atoms with Crippen molar-refractivity contribution in [2.45, 2.75) is 38.7 Å². The van der Waals surface area contributed by atoms with Gasteiger partial charge in [0, 0.05) is 26.4 Å². The third-order valence-corrected chi connectivity index (χ3v) is 4.62. The van der Waals surface area contributed by atoms with Crippen LogP contribution in [0.1, 0.15) is 33.1 Å². The van der Waals surface area contributed by atoms with Crippen molar-refractivity contribution in [2.24, 2.45) is 5.92 Å². The molecule has 19 heavy (non-hydrogen) atoms. The predicted octanol–water partition coefficient (Wildman–Crippen LogP) is 2.87. The standard InChI is InChI=1S/C14H17BrO4/c1-8(19-9(2)16)10-4-5-14(18-3)7-12(15)13(17)6-11(10)14/h7,11H,4-6H2,1-3H3/b10-8+/t11-,14+/m0/s1. The monoisotopic (exact) mass is 328 g/mol. The number of carbonyl (C=O) groups excluding carboxylic acids is 2. The van der Waals surface area contributed by atoms with Gasteiger partial charge < -0.3 is 9.47 Å². The molecule has 1 fully saturated rings. The van der Waals surface area contributed by atoms with E-state index in [9.17, 15) is 9.59 Å². The molecule has 0 aliphatic heterocycles. The minimum absolute atomic E-state index is 0.0364. The van der Waals surface area contributed by atoms with Crippen molar-refractivity contribution in [3.63, 3.8) is 0 Å². The first-order chi connectivity index (χ1) is 8.89. The largest absolute Gasteiger partial charge is 0.432 e. The van der Waals surface area contributed by atoms with Crippen molar-refractivity contribution in [1.29, 1.82) is 0 Å². The Hall–Kier alpha value is -0.940. The number of esters is 1. The second-order valence-corrected chi connectivity index (χ2v) is 5.86. The molecule has 2 aliphatic rings. The van der Waals surface area contributed by atoms with E-state index in [1.807, 2.05) is 6.08 Å². The van der Waals surface area contributed by atoms with Crippen LogP contribution in [0.5, 0.6) is 0 Å². The Kier molecular flexibility index (Phi) is 3.97. The third kappa shape index (κ3) is 2.54. The lowest BCUT2D eigenvalue weighted by atomic mass is 9.80. The normalized spacial score (nSPS) is 32.7. The smallest absolute Gasteiger partial charge is 0.307 e. The van der Waals surface area contributed by atoms with Gasteiger partial charge in [0.05, 0.1) is 10.1 Å². The van der Waals surface area contributed by atoms with Gasteiger partial charge in [0.25, 0.3) is 0 Å². The second kappa shape index (κ2) is 5.21. The van der Waals surface area contributed by atoms with Gasteiger partial charge in [-0.1, -0.05) is 0 Å². The van der Waals surface area contributed by atoms with Crippen LogP contribution in [0.15, 0.2) is 21.9 Å². The summed E-state index contributed by atoms with van der Waals surface area (Å²) in [4.78, 5) is 22.9. The molecule has 2 aliphatic carbocycles. The Morgan fingerprint density at radius 2 is 2.16 bits per heavy atom. The van der Waals surface area contributed by atoms with Crippen molar-refractivity contribution >= 4 is 27.7 Å². The molecule has 0 aromatic heterocycles. The fourth-order valence-corrected chi connectivity index (χ4v) is 3.58. The van der Waals surface area contributed by atoms with Gasteiger partial charge in [-0.3, -0.25) is 9.59 Å². The highest BCUT2D eigenvalue weighted by molar-refractivity contribution is 9.12. The maximum atomic E-state index is 11.9. The maximum absolute atomic E-state index is 11.9. The first-order valence-corrected chi connectivity index (χ1v) is 7.03. The van der Waals surface area contributed by atoms with Crippen molar-refractivity contribution in [3.8, 4) is 0 Å². The van der Waals surface area contributed by atoms with Crippen molar-refractivity contribution in [1.82, 2.24) is 0 Å². The Morgan fingerprint density at radius 1 is 1.47 bits per heavy atom. The lowest BCUT2D eigenvalue weighted by molar-refractivity contribution is -0.136. The number of hydrogen-bond acceptors (Lipinski definition) is 4. The van der Waals surface area contributed by atoms with Crippen molar-refractivity contribution in [3.05, 3.63) is 21.9 Å². The number of ketones is 1. The zero-order chi connectivity index (χ0) is 14.2. The van der Waals surface area contributed by atoms with E-state index in [1.54, 1.807) is 14.0 Å². The number of carbonyl (C=O) groups is 2. The number of fused-ring (bicyclic) bond motifs is 1. The highest BCUT2D eigenvalue weighted by atomic mass is 79.9. The van der Waals surface area contributed by atoms with Crippen LogP contribution in [0.2, 0.25) is 0 Å². The first-order valence-electron chi connectivity index (χ1n) is 6.24.